The molecule has 0 unspecified atom stereocenters. The van der Waals surface area contributed by atoms with E-state index < -0.39 is 11.6 Å². The van der Waals surface area contributed by atoms with E-state index in [1.54, 1.807) is 21.3 Å². The minimum absolute atomic E-state index is 0.160. The van der Waals surface area contributed by atoms with Crippen molar-refractivity contribution in [2.75, 3.05) is 34.4 Å². The van der Waals surface area contributed by atoms with Crippen molar-refractivity contribution in [1.29, 1.82) is 0 Å². The molecule has 0 aliphatic carbocycles. The number of hydrogen-bond acceptors (Lipinski definition) is 6. The maximum absolute atomic E-state index is 11.9. The van der Waals surface area contributed by atoms with Gasteiger partial charge in [-0.15, -0.1) is 0 Å². The van der Waals surface area contributed by atoms with Crippen molar-refractivity contribution in [3.8, 4) is 0 Å². The Bertz CT molecular complexity index is 502. The molecule has 0 aromatic carbocycles. The molecular formula is C16H27N3O4. The quantitative estimate of drug-likeness (QED) is 0.726. The van der Waals surface area contributed by atoms with Crippen molar-refractivity contribution in [3.63, 3.8) is 0 Å². The number of hydrogen-bond donors (Lipinski definition) is 0. The zero-order chi connectivity index (χ0) is 17.6. The Morgan fingerprint density at radius 2 is 2.09 bits per heavy atom. The molecule has 1 amide bonds. The largest absolute Gasteiger partial charge is 0.483 e. The molecule has 0 saturated heterocycles. The van der Waals surface area contributed by atoms with Crippen LogP contribution in [0.3, 0.4) is 0 Å². The summed E-state index contributed by atoms with van der Waals surface area (Å²) in [5, 5.41) is 0. The fourth-order valence-electron chi connectivity index (χ4n) is 2.42. The Hall–Kier alpha value is -2.05. The van der Waals surface area contributed by atoms with E-state index in [0.29, 0.717) is 11.8 Å². The summed E-state index contributed by atoms with van der Waals surface area (Å²) in [5.74, 6) is 1.23. The topological polar surface area (TPSA) is 72.7 Å². The van der Waals surface area contributed by atoms with Crippen LogP contribution in [0.15, 0.2) is 22.6 Å². The molecule has 0 N–H and O–H groups in total. The molecule has 0 bridgehead atoms. The molecule has 1 rings (SSSR count). The van der Waals surface area contributed by atoms with Crippen LogP contribution >= 0.6 is 0 Å². The lowest BCUT2D eigenvalue weighted by atomic mass is 9.96. The monoisotopic (exact) mass is 325 g/mol. The van der Waals surface area contributed by atoms with Gasteiger partial charge >= 0.3 is 6.09 Å². The summed E-state index contributed by atoms with van der Waals surface area (Å²) in [5.41, 5.74) is -0.826. The Labute approximate surface area is 138 Å². The highest BCUT2D eigenvalue weighted by molar-refractivity contribution is 5.97. The fourth-order valence-corrected chi connectivity index (χ4v) is 2.42. The second-order valence-electron chi connectivity index (χ2n) is 5.98. The maximum Gasteiger partial charge on any atom is 0.409 e. The SMILES string of the molecule is C=CCOC(=O)N(C)C[C@]1(C)N=C(OC)[C@@H](C(C)C)N=C1OC. The molecule has 0 fully saturated rings. The van der Waals surface area contributed by atoms with Gasteiger partial charge in [0.1, 0.15) is 12.6 Å². The molecule has 23 heavy (non-hydrogen) atoms. The standard InChI is InChI=1S/C16H27N3O4/c1-8-9-23-15(20)19(5)10-16(4)14(22-7)17-12(11(2)3)13(18-16)21-6/h8,11-12H,1,9-10H2,2-7H3/t12-,16+/m1/s1. The average molecular weight is 325 g/mol. The molecule has 1 aliphatic rings. The number of likely N-dealkylation sites (N-methyl/N-ethyl adjacent to an activating group) is 1. The van der Waals surface area contributed by atoms with Crippen LogP contribution < -0.4 is 0 Å². The van der Waals surface area contributed by atoms with Crippen LogP contribution in [-0.2, 0) is 14.2 Å². The first kappa shape index (κ1) is 19.0. The summed E-state index contributed by atoms with van der Waals surface area (Å²) in [4.78, 5) is 22.6. The third-order valence-electron chi connectivity index (χ3n) is 3.54. The van der Waals surface area contributed by atoms with E-state index in [4.69, 9.17) is 14.2 Å². The van der Waals surface area contributed by atoms with E-state index in [1.807, 2.05) is 20.8 Å². The number of carbonyl (C=O) groups is 1. The predicted octanol–water partition coefficient (Wildman–Crippen LogP) is 2.13. The summed E-state index contributed by atoms with van der Waals surface area (Å²) in [6.07, 6.45) is 1.06. The number of carbonyl (C=O) groups excluding carboxylic acids is 1. The number of rotatable bonds is 5. The van der Waals surface area contributed by atoms with Gasteiger partial charge in [-0.2, -0.15) is 0 Å². The third kappa shape index (κ3) is 4.46. The summed E-state index contributed by atoms with van der Waals surface area (Å²) in [7, 11) is 4.77. The Morgan fingerprint density at radius 3 is 2.57 bits per heavy atom. The molecule has 7 heteroatoms. The van der Waals surface area contributed by atoms with Gasteiger partial charge in [0.25, 0.3) is 0 Å². The van der Waals surface area contributed by atoms with Crippen LogP contribution in [0.5, 0.6) is 0 Å². The van der Waals surface area contributed by atoms with Crippen molar-refractivity contribution in [2.24, 2.45) is 15.9 Å². The predicted molar refractivity (Wildman–Crippen MR) is 90.1 cm³/mol. The summed E-state index contributed by atoms with van der Waals surface area (Å²) in [6.45, 7) is 9.86. The normalized spacial score (nSPS) is 23.7. The minimum Gasteiger partial charge on any atom is -0.483 e. The third-order valence-corrected chi connectivity index (χ3v) is 3.54. The van der Waals surface area contributed by atoms with Gasteiger partial charge < -0.3 is 19.1 Å². The van der Waals surface area contributed by atoms with Crippen LogP contribution in [-0.4, -0.2) is 68.8 Å². The lowest BCUT2D eigenvalue weighted by Crippen LogP contribution is -2.51. The fraction of sp³-hybridized carbons (Fsp3) is 0.688. The van der Waals surface area contributed by atoms with E-state index in [9.17, 15) is 4.79 Å². The van der Waals surface area contributed by atoms with Crippen LogP contribution in [0.25, 0.3) is 0 Å². The highest BCUT2D eigenvalue weighted by Gasteiger charge is 2.41. The van der Waals surface area contributed by atoms with Crippen molar-refractivity contribution in [1.82, 2.24) is 4.90 Å². The van der Waals surface area contributed by atoms with E-state index in [2.05, 4.69) is 16.6 Å². The molecule has 0 aromatic heterocycles. The van der Waals surface area contributed by atoms with E-state index in [-0.39, 0.29) is 25.1 Å². The van der Waals surface area contributed by atoms with E-state index >= 15 is 0 Å². The molecule has 2 atom stereocenters. The lowest BCUT2D eigenvalue weighted by molar-refractivity contribution is 0.116. The minimum atomic E-state index is -0.826. The van der Waals surface area contributed by atoms with Crippen LogP contribution in [0, 0.1) is 5.92 Å². The van der Waals surface area contributed by atoms with Crippen molar-refractivity contribution in [2.45, 2.75) is 32.4 Å². The van der Waals surface area contributed by atoms with Crippen molar-refractivity contribution >= 4 is 17.9 Å². The van der Waals surface area contributed by atoms with Gasteiger partial charge in [-0.05, 0) is 12.8 Å². The summed E-state index contributed by atoms with van der Waals surface area (Å²) in [6, 6.07) is -0.193. The second-order valence-corrected chi connectivity index (χ2v) is 5.98. The van der Waals surface area contributed by atoms with E-state index in [1.165, 1.54) is 11.0 Å². The highest BCUT2D eigenvalue weighted by Crippen LogP contribution is 2.25. The number of methoxy groups -OCH3 is 2. The zero-order valence-corrected chi connectivity index (χ0v) is 14.8. The van der Waals surface area contributed by atoms with Crippen LogP contribution in [0.1, 0.15) is 20.8 Å². The van der Waals surface area contributed by atoms with Crippen molar-refractivity contribution < 1.29 is 19.0 Å². The molecule has 130 valence electrons. The maximum atomic E-state index is 11.9. The Morgan fingerprint density at radius 1 is 1.43 bits per heavy atom. The van der Waals surface area contributed by atoms with Gasteiger partial charge in [-0.25, -0.2) is 14.8 Å². The Balaban J connectivity index is 3.01. The molecule has 0 aromatic rings. The van der Waals surface area contributed by atoms with Gasteiger partial charge in [0.2, 0.25) is 11.8 Å². The Kier molecular flexibility index (Phi) is 6.60. The van der Waals surface area contributed by atoms with Crippen LogP contribution in [0.2, 0.25) is 0 Å². The molecule has 0 spiro atoms. The number of ether oxygens (including phenoxy) is 3. The first-order valence-electron chi connectivity index (χ1n) is 7.53. The highest BCUT2D eigenvalue weighted by atomic mass is 16.6. The van der Waals surface area contributed by atoms with Crippen LogP contribution in [0.4, 0.5) is 4.79 Å². The van der Waals surface area contributed by atoms with E-state index in [0.717, 1.165) is 0 Å². The van der Waals surface area contributed by atoms with Gasteiger partial charge in [-0.1, -0.05) is 26.5 Å². The first-order valence-corrected chi connectivity index (χ1v) is 7.53. The van der Waals surface area contributed by atoms with Gasteiger partial charge in [-0.3, -0.25) is 0 Å². The lowest BCUT2D eigenvalue weighted by Gasteiger charge is -2.35. The molecule has 7 nitrogen and oxygen atoms in total. The molecule has 1 heterocycles. The smallest absolute Gasteiger partial charge is 0.409 e. The molecule has 0 radical (unpaired) electrons. The van der Waals surface area contributed by atoms with Gasteiger partial charge in [0.05, 0.1) is 20.8 Å². The average Bonchev–Trinajstić information content (AvgIpc) is 2.51. The number of nitrogens with zero attached hydrogens (tertiary/aromatic N) is 3. The molecule has 1 aliphatic heterocycles. The second kappa shape index (κ2) is 7.99. The summed E-state index contributed by atoms with van der Waals surface area (Å²) >= 11 is 0. The molecular weight excluding hydrogens is 298 g/mol. The van der Waals surface area contributed by atoms with Gasteiger partial charge in [0.15, 0.2) is 5.54 Å². The van der Waals surface area contributed by atoms with Crippen molar-refractivity contribution in [3.05, 3.63) is 12.7 Å². The summed E-state index contributed by atoms with van der Waals surface area (Å²) < 4.78 is 15.9. The molecule has 0 saturated carbocycles. The van der Waals surface area contributed by atoms with Gasteiger partial charge in [0, 0.05) is 7.05 Å². The number of amides is 1. The zero-order valence-electron chi connectivity index (χ0n) is 14.8. The number of aliphatic imine (C=N–C) groups is 2. The first-order chi connectivity index (χ1) is 10.8.